The molecule has 0 spiro atoms. The van der Waals surface area contributed by atoms with Crippen LogP contribution in [0.1, 0.15) is 11.6 Å². The molecule has 0 saturated heterocycles. The molecule has 1 atom stereocenters. The number of benzene rings is 2. The molecule has 0 aliphatic rings. The first-order valence-corrected chi connectivity index (χ1v) is 5.88. The van der Waals surface area contributed by atoms with Gasteiger partial charge in [0.25, 0.3) is 0 Å². The van der Waals surface area contributed by atoms with Gasteiger partial charge in [0.1, 0.15) is 11.6 Å². The molecule has 6 heteroatoms. The van der Waals surface area contributed by atoms with Crippen LogP contribution in [0.25, 0.3) is 0 Å². The van der Waals surface area contributed by atoms with E-state index < -0.39 is 29.3 Å². The van der Waals surface area contributed by atoms with Crippen LogP contribution < -0.4 is 11.1 Å². The standard InChI is InChI=1S/C14H12F4N2/c15-8-1-3-9(4-2-8)20-14(7-19)10-5-12(17)13(18)6-11(10)16/h1-6,14,20H,7,19H2. The van der Waals surface area contributed by atoms with Crippen molar-refractivity contribution in [3.8, 4) is 0 Å². The first-order valence-electron chi connectivity index (χ1n) is 5.88. The van der Waals surface area contributed by atoms with Gasteiger partial charge in [0.2, 0.25) is 0 Å². The quantitative estimate of drug-likeness (QED) is 0.667. The molecule has 0 aliphatic heterocycles. The van der Waals surface area contributed by atoms with E-state index in [1.807, 2.05) is 0 Å². The minimum atomic E-state index is -1.26. The second kappa shape index (κ2) is 5.92. The maximum absolute atomic E-state index is 13.7. The van der Waals surface area contributed by atoms with Gasteiger partial charge in [-0.2, -0.15) is 0 Å². The smallest absolute Gasteiger partial charge is 0.161 e. The average molecular weight is 284 g/mol. The van der Waals surface area contributed by atoms with Gasteiger partial charge in [-0.25, -0.2) is 17.6 Å². The van der Waals surface area contributed by atoms with Gasteiger partial charge < -0.3 is 11.1 Å². The Bertz CT molecular complexity index is 599. The van der Waals surface area contributed by atoms with Gasteiger partial charge in [-0.3, -0.25) is 0 Å². The van der Waals surface area contributed by atoms with Gasteiger partial charge in [-0.05, 0) is 30.3 Å². The van der Waals surface area contributed by atoms with Crippen molar-refractivity contribution in [1.82, 2.24) is 0 Å². The van der Waals surface area contributed by atoms with E-state index in [-0.39, 0.29) is 12.1 Å². The second-order valence-corrected chi connectivity index (χ2v) is 4.23. The normalized spacial score (nSPS) is 12.2. The molecule has 0 heterocycles. The van der Waals surface area contributed by atoms with Gasteiger partial charge in [0.15, 0.2) is 11.6 Å². The zero-order valence-corrected chi connectivity index (χ0v) is 10.3. The second-order valence-electron chi connectivity index (χ2n) is 4.23. The van der Waals surface area contributed by atoms with Crippen LogP contribution in [-0.2, 0) is 0 Å². The summed E-state index contributed by atoms with van der Waals surface area (Å²) >= 11 is 0. The summed E-state index contributed by atoms with van der Waals surface area (Å²) in [5, 5.41) is 2.84. The highest BCUT2D eigenvalue weighted by atomic mass is 19.2. The predicted molar refractivity (Wildman–Crippen MR) is 68.1 cm³/mol. The van der Waals surface area contributed by atoms with Crippen LogP contribution in [-0.4, -0.2) is 6.54 Å². The van der Waals surface area contributed by atoms with Gasteiger partial charge in [-0.1, -0.05) is 0 Å². The Balaban J connectivity index is 2.28. The molecule has 0 amide bonds. The van der Waals surface area contributed by atoms with Crippen molar-refractivity contribution in [2.24, 2.45) is 5.73 Å². The lowest BCUT2D eigenvalue weighted by atomic mass is 10.1. The largest absolute Gasteiger partial charge is 0.377 e. The molecule has 0 aliphatic carbocycles. The fourth-order valence-electron chi connectivity index (χ4n) is 1.82. The van der Waals surface area contributed by atoms with Crippen molar-refractivity contribution in [1.29, 1.82) is 0 Å². The fraction of sp³-hybridized carbons (Fsp3) is 0.143. The van der Waals surface area contributed by atoms with Crippen LogP contribution in [0.3, 0.4) is 0 Å². The lowest BCUT2D eigenvalue weighted by Crippen LogP contribution is -2.22. The lowest BCUT2D eigenvalue weighted by molar-refractivity contribution is 0.486. The summed E-state index contributed by atoms with van der Waals surface area (Å²) in [5.41, 5.74) is 5.92. The molecule has 0 fully saturated rings. The number of rotatable bonds is 4. The third-order valence-corrected chi connectivity index (χ3v) is 2.84. The molecule has 0 saturated carbocycles. The predicted octanol–water partition coefficient (Wildman–Crippen LogP) is 3.35. The Kier molecular flexibility index (Phi) is 4.24. The highest BCUT2D eigenvalue weighted by Crippen LogP contribution is 2.23. The summed E-state index contributed by atoms with van der Waals surface area (Å²) in [6, 6.07) is 5.80. The van der Waals surface area contributed by atoms with Gasteiger partial charge in [0.05, 0.1) is 6.04 Å². The number of halogens is 4. The summed E-state index contributed by atoms with van der Waals surface area (Å²) < 4.78 is 52.5. The molecule has 0 bridgehead atoms. The van der Waals surface area contributed by atoms with Crippen LogP contribution in [0.5, 0.6) is 0 Å². The molecule has 0 radical (unpaired) electrons. The van der Waals surface area contributed by atoms with Crippen molar-refractivity contribution < 1.29 is 17.6 Å². The number of hydrogen-bond donors (Lipinski definition) is 2. The van der Waals surface area contributed by atoms with E-state index in [4.69, 9.17) is 5.73 Å². The average Bonchev–Trinajstić information content (AvgIpc) is 2.43. The lowest BCUT2D eigenvalue weighted by Gasteiger charge is -2.19. The van der Waals surface area contributed by atoms with Crippen LogP contribution in [0.4, 0.5) is 23.2 Å². The molecule has 106 valence electrons. The molecule has 0 aromatic heterocycles. The number of hydrogen-bond acceptors (Lipinski definition) is 2. The minimum absolute atomic E-state index is 0.0423. The minimum Gasteiger partial charge on any atom is -0.377 e. The molecule has 2 aromatic carbocycles. The summed E-state index contributed by atoms with van der Waals surface area (Å²) in [5.74, 6) is -3.72. The van der Waals surface area contributed by atoms with Crippen molar-refractivity contribution in [2.75, 3.05) is 11.9 Å². The topological polar surface area (TPSA) is 38.0 Å². The van der Waals surface area contributed by atoms with Crippen LogP contribution in [0.15, 0.2) is 36.4 Å². The van der Waals surface area contributed by atoms with E-state index in [2.05, 4.69) is 5.32 Å². The molecule has 2 aromatic rings. The Morgan fingerprint density at radius 3 is 2.10 bits per heavy atom. The summed E-state index contributed by atoms with van der Waals surface area (Å²) in [6.07, 6.45) is 0. The number of nitrogens with two attached hydrogens (primary N) is 1. The molecular weight excluding hydrogens is 272 g/mol. The van der Waals surface area contributed by atoms with Crippen molar-refractivity contribution in [3.63, 3.8) is 0 Å². The number of anilines is 1. The first kappa shape index (κ1) is 14.3. The van der Waals surface area contributed by atoms with E-state index in [1.165, 1.54) is 24.3 Å². The summed E-state index contributed by atoms with van der Waals surface area (Å²) in [6.45, 7) is -0.0423. The fourth-order valence-corrected chi connectivity index (χ4v) is 1.82. The van der Waals surface area contributed by atoms with E-state index in [0.717, 1.165) is 6.07 Å². The molecule has 2 nitrogen and oxygen atoms in total. The summed E-state index contributed by atoms with van der Waals surface area (Å²) in [7, 11) is 0. The van der Waals surface area contributed by atoms with Gasteiger partial charge in [-0.15, -0.1) is 0 Å². The van der Waals surface area contributed by atoms with Gasteiger partial charge in [0, 0.05) is 23.9 Å². The summed E-state index contributed by atoms with van der Waals surface area (Å²) in [4.78, 5) is 0. The van der Waals surface area contributed by atoms with Crippen LogP contribution >= 0.6 is 0 Å². The van der Waals surface area contributed by atoms with E-state index >= 15 is 0 Å². The highest BCUT2D eigenvalue weighted by molar-refractivity contribution is 5.46. The Morgan fingerprint density at radius 1 is 0.900 bits per heavy atom. The Labute approximate surface area is 113 Å². The van der Waals surface area contributed by atoms with E-state index in [9.17, 15) is 17.6 Å². The molecule has 1 unspecified atom stereocenters. The third kappa shape index (κ3) is 3.08. The number of nitrogens with one attached hydrogen (secondary N) is 1. The maximum atomic E-state index is 13.7. The van der Waals surface area contributed by atoms with Gasteiger partial charge >= 0.3 is 0 Å². The monoisotopic (exact) mass is 284 g/mol. The SMILES string of the molecule is NCC(Nc1ccc(F)cc1)c1cc(F)c(F)cc1F. The van der Waals surface area contributed by atoms with Crippen LogP contribution in [0, 0.1) is 23.3 Å². The van der Waals surface area contributed by atoms with Crippen LogP contribution in [0.2, 0.25) is 0 Å². The first-order chi connectivity index (χ1) is 9.51. The van der Waals surface area contributed by atoms with E-state index in [0.29, 0.717) is 11.8 Å². The van der Waals surface area contributed by atoms with Crippen molar-refractivity contribution >= 4 is 5.69 Å². The zero-order chi connectivity index (χ0) is 14.7. The van der Waals surface area contributed by atoms with Crippen molar-refractivity contribution in [2.45, 2.75) is 6.04 Å². The zero-order valence-electron chi connectivity index (χ0n) is 10.3. The molecule has 2 rings (SSSR count). The third-order valence-electron chi connectivity index (χ3n) is 2.84. The molecular formula is C14H12F4N2. The highest BCUT2D eigenvalue weighted by Gasteiger charge is 2.17. The van der Waals surface area contributed by atoms with E-state index in [1.54, 1.807) is 0 Å². The Morgan fingerprint density at radius 2 is 1.50 bits per heavy atom. The molecule has 20 heavy (non-hydrogen) atoms. The van der Waals surface area contributed by atoms with Crippen molar-refractivity contribution in [3.05, 3.63) is 65.2 Å². The molecule has 3 N–H and O–H groups in total. The maximum Gasteiger partial charge on any atom is 0.161 e. The Hall–Kier alpha value is -2.08.